The molecule has 0 amide bonds. The predicted octanol–water partition coefficient (Wildman–Crippen LogP) is 3.93. The molecule has 2 atom stereocenters. The van der Waals surface area contributed by atoms with Crippen molar-refractivity contribution in [2.75, 3.05) is 4.90 Å². The molecule has 0 fully saturated rings. The summed E-state index contributed by atoms with van der Waals surface area (Å²) in [6.45, 7) is 4.08. The van der Waals surface area contributed by atoms with Crippen molar-refractivity contribution in [1.29, 1.82) is 0 Å². The summed E-state index contributed by atoms with van der Waals surface area (Å²) in [4.78, 5) is 2.27. The van der Waals surface area contributed by atoms with Gasteiger partial charge >= 0.3 is 0 Å². The number of anilines is 2. The van der Waals surface area contributed by atoms with E-state index in [1.807, 2.05) is 19.1 Å². The fraction of sp³-hybridized carbons (Fsp3) is 0.294. The van der Waals surface area contributed by atoms with Crippen molar-refractivity contribution < 1.29 is 4.39 Å². The van der Waals surface area contributed by atoms with E-state index in [9.17, 15) is 4.39 Å². The molecule has 0 radical (unpaired) electrons. The number of benzene rings is 2. The van der Waals surface area contributed by atoms with E-state index in [0.29, 0.717) is 6.04 Å². The first-order valence-corrected chi connectivity index (χ1v) is 7.00. The molecule has 2 aromatic rings. The Bertz CT molecular complexity index is 637. The van der Waals surface area contributed by atoms with Crippen molar-refractivity contribution in [2.45, 2.75) is 32.4 Å². The first-order chi connectivity index (χ1) is 9.58. The number of rotatable bonds is 2. The highest BCUT2D eigenvalue weighted by molar-refractivity contribution is 5.73. The van der Waals surface area contributed by atoms with Gasteiger partial charge in [0.25, 0.3) is 0 Å². The lowest BCUT2D eigenvalue weighted by atomic mass is 10.0. The van der Waals surface area contributed by atoms with Gasteiger partial charge in [0, 0.05) is 23.5 Å². The highest BCUT2D eigenvalue weighted by atomic mass is 19.1. The number of nitrogens with two attached hydrogens (primary N) is 1. The average molecular weight is 270 g/mol. The van der Waals surface area contributed by atoms with Crippen molar-refractivity contribution >= 4 is 11.4 Å². The molecule has 3 heteroatoms. The molecule has 20 heavy (non-hydrogen) atoms. The third kappa shape index (κ3) is 2.08. The third-order valence-electron chi connectivity index (χ3n) is 3.95. The third-order valence-corrected chi connectivity index (χ3v) is 3.95. The minimum absolute atomic E-state index is 0.194. The molecule has 1 aliphatic rings. The van der Waals surface area contributed by atoms with Crippen LogP contribution in [0, 0.1) is 5.82 Å². The van der Waals surface area contributed by atoms with Crippen LogP contribution in [0.25, 0.3) is 0 Å². The van der Waals surface area contributed by atoms with Crippen LogP contribution in [0.5, 0.6) is 0 Å². The van der Waals surface area contributed by atoms with Gasteiger partial charge in [0.1, 0.15) is 5.82 Å². The van der Waals surface area contributed by atoms with Crippen LogP contribution in [0.15, 0.2) is 42.5 Å². The lowest BCUT2D eigenvalue weighted by Crippen LogP contribution is -2.26. The Labute approximate surface area is 119 Å². The van der Waals surface area contributed by atoms with Gasteiger partial charge in [-0.15, -0.1) is 0 Å². The van der Waals surface area contributed by atoms with Gasteiger partial charge < -0.3 is 10.6 Å². The molecular weight excluding hydrogens is 251 g/mol. The van der Waals surface area contributed by atoms with Crippen molar-refractivity contribution in [1.82, 2.24) is 0 Å². The van der Waals surface area contributed by atoms with Crippen LogP contribution in [0.1, 0.15) is 31.0 Å². The van der Waals surface area contributed by atoms with Crippen LogP contribution in [0.4, 0.5) is 15.8 Å². The Balaban J connectivity index is 2.14. The van der Waals surface area contributed by atoms with E-state index >= 15 is 0 Å². The SMILES string of the molecule is CC(N)c1cc(F)ccc1N1c2ccccc2CC1C. The molecule has 0 saturated heterocycles. The van der Waals surface area contributed by atoms with E-state index in [4.69, 9.17) is 5.73 Å². The molecule has 0 saturated carbocycles. The summed E-state index contributed by atoms with van der Waals surface area (Å²) < 4.78 is 13.5. The molecular formula is C17H19FN2. The lowest BCUT2D eigenvalue weighted by molar-refractivity contribution is 0.621. The first-order valence-electron chi connectivity index (χ1n) is 7.00. The smallest absolute Gasteiger partial charge is 0.123 e. The molecule has 2 nitrogen and oxygen atoms in total. The number of halogens is 1. The van der Waals surface area contributed by atoms with Gasteiger partial charge in [-0.2, -0.15) is 0 Å². The molecule has 1 heterocycles. The zero-order chi connectivity index (χ0) is 14.3. The summed E-state index contributed by atoms with van der Waals surface area (Å²) in [5.41, 5.74) is 10.4. The predicted molar refractivity (Wildman–Crippen MR) is 80.7 cm³/mol. The van der Waals surface area contributed by atoms with Gasteiger partial charge in [0.2, 0.25) is 0 Å². The van der Waals surface area contributed by atoms with E-state index in [1.54, 1.807) is 6.07 Å². The van der Waals surface area contributed by atoms with Crippen molar-refractivity contribution in [2.24, 2.45) is 5.73 Å². The second-order valence-electron chi connectivity index (χ2n) is 5.54. The second kappa shape index (κ2) is 4.91. The zero-order valence-corrected chi connectivity index (χ0v) is 11.8. The summed E-state index contributed by atoms with van der Waals surface area (Å²) in [6.07, 6.45) is 1.01. The Morgan fingerprint density at radius 3 is 2.70 bits per heavy atom. The molecule has 0 aliphatic carbocycles. The average Bonchev–Trinajstić information content (AvgIpc) is 2.74. The number of hydrogen-bond acceptors (Lipinski definition) is 2. The molecule has 0 spiro atoms. The largest absolute Gasteiger partial charge is 0.338 e. The van der Waals surface area contributed by atoms with Gasteiger partial charge in [-0.05, 0) is 55.7 Å². The van der Waals surface area contributed by atoms with Crippen LogP contribution >= 0.6 is 0 Å². The number of nitrogens with zero attached hydrogens (tertiary/aromatic N) is 1. The molecule has 0 aromatic heterocycles. The zero-order valence-electron chi connectivity index (χ0n) is 11.8. The van der Waals surface area contributed by atoms with E-state index in [-0.39, 0.29) is 11.9 Å². The van der Waals surface area contributed by atoms with E-state index < -0.39 is 0 Å². The van der Waals surface area contributed by atoms with Crippen molar-refractivity contribution in [3.63, 3.8) is 0 Å². The number of para-hydroxylation sites is 1. The minimum atomic E-state index is -0.235. The number of hydrogen-bond donors (Lipinski definition) is 1. The van der Waals surface area contributed by atoms with E-state index in [2.05, 4.69) is 30.0 Å². The fourth-order valence-corrected chi connectivity index (χ4v) is 3.04. The van der Waals surface area contributed by atoms with Crippen molar-refractivity contribution in [3.05, 3.63) is 59.4 Å². The van der Waals surface area contributed by atoms with Gasteiger partial charge in [-0.1, -0.05) is 18.2 Å². The van der Waals surface area contributed by atoms with Gasteiger partial charge in [-0.25, -0.2) is 4.39 Å². The van der Waals surface area contributed by atoms with Crippen LogP contribution in [-0.4, -0.2) is 6.04 Å². The summed E-state index contributed by atoms with van der Waals surface area (Å²) in [6, 6.07) is 13.4. The topological polar surface area (TPSA) is 29.3 Å². The van der Waals surface area contributed by atoms with Gasteiger partial charge in [0.15, 0.2) is 0 Å². The molecule has 104 valence electrons. The summed E-state index contributed by atoms with van der Waals surface area (Å²) in [5, 5.41) is 0. The fourth-order valence-electron chi connectivity index (χ4n) is 3.04. The summed E-state index contributed by atoms with van der Waals surface area (Å²) in [5.74, 6) is -0.235. The highest BCUT2D eigenvalue weighted by Gasteiger charge is 2.28. The Hall–Kier alpha value is -1.87. The van der Waals surface area contributed by atoms with Crippen LogP contribution in [0.3, 0.4) is 0 Å². The standard InChI is InChI=1S/C17H19FN2/c1-11-9-13-5-3-4-6-16(13)20(11)17-8-7-14(18)10-15(17)12(2)19/h3-8,10-12H,9,19H2,1-2H3. The van der Waals surface area contributed by atoms with Crippen molar-refractivity contribution in [3.8, 4) is 0 Å². The van der Waals surface area contributed by atoms with Gasteiger partial charge in [0.05, 0.1) is 0 Å². The molecule has 2 aromatic carbocycles. The quantitative estimate of drug-likeness (QED) is 0.896. The molecule has 1 aliphatic heterocycles. The minimum Gasteiger partial charge on any atom is -0.338 e. The lowest BCUT2D eigenvalue weighted by Gasteiger charge is -2.28. The Kier molecular flexibility index (Phi) is 3.22. The maximum Gasteiger partial charge on any atom is 0.123 e. The Morgan fingerprint density at radius 2 is 1.95 bits per heavy atom. The molecule has 0 bridgehead atoms. The van der Waals surface area contributed by atoms with Gasteiger partial charge in [-0.3, -0.25) is 0 Å². The van der Waals surface area contributed by atoms with Crippen LogP contribution in [0.2, 0.25) is 0 Å². The highest BCUT2D eigenvalue weighted by Crippen LogP contribution is 2.40. The van der Waals surface area contributed by atoms with Crippen LogP contribution in [-0.2, 0) is 6.42 Å². The number of fused-ring (bicyclic) bond motifs is 1. The maximum absolute atomic E-state index is 13.5. The molecule has 2 N–H and O–H groups in total. The van der Waals surface area contributed by atoms with Crippen LogP contribution < -0.4 is 10.6 Å². The molecule has 3 rings (SSSR count). The Morgan fingerprint density at radius 1 is 1.20 bits per heavy atom. The summed E-state index contributed by atoms with van der Waals surface area (Å²) >= 11 is 0. The summed E-state index contributed by atoms with van der Waals surface area (Å²) in [7, 11) is 0. The normalized spacial score (nSPS) is 19.0. The van der Waals surface area contributed by atoms with E-state index in [0.717, 1.165) is 17.7 Å². The maximum atomic E-state index is 13.5. The first kappa shape index (κ1) is 13.1. The second-order valence-corrected chi connectivity index (χ2v) is 5.54. The molecule has 2 unspecified atom stereocenters. The monoisotopic (exact) mass is 270 g/mol. The van der Waals surface area contributed by atoms with E-state index in [1.165, 1.54) is 17.3 Å².